The van der Waals surface area contributed by atoms with Gasteiger partial charge in [-0.1, -0.05) is 12.1 Å². The van der Waals surface area contributed by atoms with E-state index in [4.69, 9.17) is 9.47 Å². The summed E-state index contributed by atoms with van der Waals surface area (Å²) >= 11 is 0. The molecular weight excluding hydrogens is 400 g/mol. The highest BCUT2D eigenvalue weighted by atomic mass is 16.6. The molecule has 2 aromatic rings. The molecule has 0 atom stereocenters. The number of nitrogens with zero attached hydrogens (tertiary/aromatic N) is 1. The van der Waals surface area contributed by atoms with Crippen LogP contribution in [0.2, 0.25) is 0 Å². The Labute approximate surface area is 180 Å². The van der Waals surface area contributed by atoms with Gasteiger partial charge in [0.25, 0.3) is 0 Å². The van der Waals surface area contributed by atoms with Crippen molar-refractivity contribution in [3.63, 3.8) is 0 Å². The Morgan fingerprint density at radius 1 is 1.06 bits per heavy atom. The molecular formula is C23H24N2O6. The lowest BCUT2D eigenvalue weighted by atomic mass is 10.1. The number of hydrogen-bond donors (Lipinski definition) is 1. The summed E-state index contributed by atoms with van der Waals surface area (Å²) in [7, 11) is 1.32. The van der Waals surface area contributed by atoms with Crippen molar-refractivity contribution < 1.29 is 28.6 Å². The zero-order valence-electron chi connectivity index (χ0n) is 17.4. The zero-order chi connectivity index (χ0) is 22.2. The van der Waals surface area contributed by atoms with E-state index in [1.807, 2.05) is 0 Å². The van der Waals surface area contributed by atoms with Gasteiger partial charge in [-0.3, -0.25) is 9.59 Å². The summed E-state index contributed by atoms with van der Waals surface area (Å²) in [6.45, 7) is 3.04. The summed E-state index contributed by atoms with van der Waals surface area (Å²) in [5.41, 5.74) is 1.74. The molecule has 0 aromatic heterocycles. The first-order valence-corrected chi connectivity index (χ1v) is 9.85. The molecule has 1 aliphatic heterocycles. The second kappa shape index (κ2) is 10.3. The van der Waals surface area contributed by atoms with Gasteiger partial charge in [0.1, 0.15) is 19.8 Å². The number of hydrogen-bond acceptors (Lipinski definition) is 6. The van der Waals surface area contributed by atoms with Gasteiger partial charge in [0.05, 0.1) is 12.7 Å². The van der Waals surface area contributed by atoms with Crippen LogP contribution in [0.5, 0.6) is 11.5 Å². The van der Waals surface area contributed by atoms with Crippen LogP contribution in [0.1, 0.15) is 22.8 Å². The molecule has 8 heteroatoms. The molecule has 0 aliphatic carbocycles. The second-order valence-corrected chi connectivity index (χ2v) is 6.71. The highest BCUT2D eigenvalue weighted by molar-refractivity contribution is 5.98. The van der Waals surface area contributed by atoms with Gasteiger partial charge in [-0.25, -0.2) is 4.79 Å². The van der Waals surface area contributed by atoms with Gasteiger partial charge in [-0.2, -0.15) is 0 Å². The van der Waals surface area contributed by atoms with E-state index in [9.17, 15) is 14.4 Å². The van der Waals surface area contributed by atoms with E-state index >= 15 is 0 Å². The molecule has 0 unspecified atom stereocenters. The molecule has 0 saturated heterocycles. The molecule has 162 valence electrons. The van der Waals surface area contributed by atoms with Crippen LogP contribution < -0.4 is 14.8 Å². The molecule has 3 rings (SSSR count). The van der Waals surface area contributed by atoms with E-state index in [1.54, 1.807) is 55.5 Å². The molecule has 1 aliphatic rings. The minimum atomic E-state index is -0.423. The topological polar surface area (TPSA) is 94.2 Å². The second-order valence-electron chi connectivity index (χ2n) is 6.71. The van der Waals surface area contributed by atoms with Crippen LogP contribution in [0.4, 0.5) is 5.69 Å². The van der Waals surface area contributed by atoms with Crippen LogP contribution >= 0.6 is 0 Å². The van der Waals surface area contributed by atoms with Crippen LogP contribution in [0.3, 0.4) is 0 Å². The smallest absolute Gasteiger partial charge is 0.337 e. The minimum Gasteiger partial charge on any atom is -0.486 e. The van der Waals surface area contributed by atoms with Gasteiger partial charge in [-0.05, 0) is 42.8 Å². The fraction of sp³-hybridized carbons (Fsp3) is 0.261. The summed E-state index contributed by atoms with van der Waals surface area (Å²) < 4.78 is 15.6. The van der Waals surface area contributed by atoms with Crippen LogP contribution in [-0.2, 0) is 14.3 Å². The lowest BCUT2D eigenvalue weighted by Gasteiger charge is -2.20. The van der Waals surface area contributed by atoms with Crippen LogP contribution in [-0.4, -0.2) is 56.1 Å². The summed E-state index contributed by atoms with van der Waals surface area (Å²) in [6.07, 6.45) is 3.03. The largest absolute Gasteiger partial charge is 0.486 e. The molecule has 0 saturated carbocycles. The summed E-state index contributed by atoms with van der Waals surface area (Å²) in [5.74, 6) is 0.181. The highest BCUT2D eigenvalue weighted by Gasteiger charge is 2.16. The number of methoxy groups -OCH3 is 1. The maximum Gasteiger partial charge on any atom is 0.337 e. The first kappa shape index (κ1) is 21.9. The van der Waals surface area contributed by atoms with E-state index < -0.39 is 5.97 Å². The number of fused-ring (bicyclic) bond motifs is 1. The van der Waals surface area contributed by atoms with E-state index in [-0.39, 0.29) is 18.4 Å². The SMILES string of the molecule is CCN(CC(=O)Nc1ccc2c(c1)OCCO2)C(=O)/C=C/c1ccc(C(=O)OC)cc1. The highest BCUT2D eigenvalue weighted by Crippen LogP contribution is 2.32. The molecule has 2 aromatic carbocycles. The van der Waals surface area contributed by atoms with Crippen LogP contribution in [0.25, 0.3) is 6.08 Å². The fourth-order valence-electron chi connectivity index (χ4n) is 2.96. The quantitative estimate of drug-likeness (QED) is 0.543. The standard InChI is InChI=1S/C23H24N2O6/c1-3-25(22(27)11-6-16-4-7-17(8-5-16)23(28)29-2)15-21(26)24-18-9-10-19-20(14-18)31-13-12-30-19/h4-11,14H,3,12-13,15H2,1-2H3,(H,24,26)/b11-6+. The first-order chi connectivity index (χ1) is 15.0. The number of nitrogens with one attached hydrogen (secondary N) is 1. The number of esters is 1. The molecule has 2 amide bonds. The van der Waals surface area contributed by atoms with Crippen molar-refractivity contribution in [1.82, 2.24) is 4.90 Å². The Kier molecular flexibility index (Phi) is 7.26. The van der Waals surface area contributed by atoms with E-state index in [1.165, 1.54) is 18.1 Å². The predicted molar refractivity (Wildman–Crippen MR) is 115 cm³/mol. The number of carbonyl (C=O) groups is 3. The van der Waals surface area contributed by atoms with Crippen molar-refractivity contribution in [1.29, 1.82) is 0 Å². The maximum atomic E-state index is 12.5. The van der Waals surface area contributed by atoms with Crippen molar-refractivity contribution in [2.45, 2.75) is 6.92 Å². The van der Waals surface area contributed by atoms with Gasteiger partial charge >= 0.3 is 5.97 Å². The first-order valence-electron chi connectivity index (χ1n) is 9.85. The Balaban J connectivity index is 1.57. The van der Waals surface area contributed by atoms with E-state index in [2.05, 4.69) is 10.1 Å². The Hall–Kier alpha value is -3.81. The average Bonchev–Trinajstić information content (AvgIpc) is 2.80. The number of amides is 2. The summed E-state index contributed by atoms with van der Waals surface area (Å²) in [5, 5.41) is 2.77. The fourth-order valence-corrected chi connectivity index (χ4v) is 2.96. The van der Waals surface area contributed by atoms with Gasteiger partial charge < -0.3 is 24.4 Å². The molecule has 0 spiro atoms. The Morgan fingerprint density at radius 3 is 2.45 bits per heavy atom. The minimum absolute atomic E-state index is 0.0879. The van der Waals surface area contributed by atoms with Crippen molar-refractivity contribution in [3.8, 4) is 11.5 Å². The average molecular weight is 424 g/mol. The van der Waals surface area contributed by atoms with Gasteiger partial charge in [0, 0.05) is 24.4 Å². The lowest BCUT2D eigenvalue weighted by Crippen LogP contribution is -2.36. The van der Waals surface area contributed by atoms with Crippen molar-refractivity contribution in [2.75, 3.05) is 38.7 Å². The third-order valence-electron chi connectivity index (χ3n) is 4.60. The Bertz CT molecular complexity index is 984. The number of rotatable bonds is 7. The number of likely N-dealkylation sites (N-methyl/N-ethyl adjacent to an activating group) is 1. The number of carbonyl (C=O) groups excluding carboxylic acids is 3. The molecule has 8 nitrogen and oxygen atoms in total. The monoisotopic (exact) mass is 424 g/mol. The number of anilines is 1. The molecule has 0 radical (unpaired) electrons. The maximum absolute atomic E-state index is 12.5. The van der Waals surface area contributed by atoms with Gasteiger partial charge in [0.2, 0.25) is 11.8 Å². The molecule has 31 heavy (non-hydrogen) atoms. The van der Waals surface area contributed by atoms with Crippen molar-refractivity contribution >= 4 is 29.5 Å². The van der Waals surface area contributed by atoms with E-state index in [0.29, 0.717) is 42.5 Å². The molecule has 0 bridgehead atoms. The Morgan fingerprint density at radius 2 is 1.77 bits per heavy atom. The van der Waals surface area contributed by atoms with Crippen LogP contribution in [0.15, 0.2) is 48.5 Å². The summed E-state index contributed by atoms with van der Waals surface area (Å²) in [4.78, 5) is 37.8. The third kappa shape index (κ3) is 5.85. The normalized spacial score (nSPS) is 12.3. The van der Waals surface area contributed by atoms with Gasteiger partial charge in [-0.15, -0.1) is 0 Å². The number of ether oxygens (including phenoxy) is 3. The van der Waals surface area contributed by atoms with Gasteiger partial charge in [0.15, 0.2) is 11.5 Å². The molecule has 1 heterocycles. The third-order valence-corrected chi connectivity index (χ3v) is 4.60. The molecule has 0 fully saturated rings. The summed E-state index contributed by atoms with van der Waals surface area (Å²) in [6, 6.07) is 11.8. The zero-order valence-corrected chi connectivity index (χ0v) is 17.4. The van der Waals surface area contributed by atoms with Crippen molar-refractivity contribution in [2.24, 2.45) is 0 Å². The van der Waals surface area contributed by atoms with E-state index in [0.717, 1.165) is 5.56 Å². The van der Waals surface area contributed by atoms with Crippen molar-refractivity contribution in [3.05, 3.63) is 59.7 Å². The number of benzene rings is 2. The molecule has 1 N–H and O–H groups in total. The lowest BCUT2D eigenvalue weighted by molar-refractivity contribution is -0.130. The van der Waals surface area contributed by atoms with Crippen LogP contribution in [0, 0.1) is 0 Å². The predicted octanol–water partition coefficient (Wildman–Crippen LogP) is 2.74.